The highest BCUT2D eigenvalue weighted by Gasteiger charge is 2.13. The molecule has 0 radical (unpaired) electrons. The zero-order valence-electron chi connectivity index (χ0n) is 11.4. The van der Waals surface area contributed by atoms with Crippen LogP contribution in [0.1, 0.15) is 20.3 Å². The van der Waals surface area contributed by atoms with E-state index in [-0.39, 0.29) is 5.91 Å². The zero-order valence-corrected chi connectivity index (χ0v) is 11.4. The lowest BCUT2D eigenvalue weighted by molar-refractivity contribution is -0.130. The Morgan fingerprint density at radius 3 is 2.50 bits per heavy atom. The molecule has 6 heteroatoms. The Balaban J connectivity index is 2.32. The number of guanidine groups is 1. The summed E-state index contributed by atoms with van der Waals surface area (Å²) in [4.78, 5) is 19.8. The first kappa shape index (κ1) is 14.8. The van der Waals surface area contributed by atoms with Gasteiger partial charge in [-0.05, 0) is 13.8 Å². The summed E-state index contributed by atoms with van der Waals surface area (Å²) in [7, 11) is 0. The summed E-state index contributed by atoms with van der Waals surface area (Å²) in [5.41, 5.74) is 5.87. The van der Waals surface area contributed by atoms with Gasteiger partial charge in [0.1, 0.15) is 0 Å². The van der Waals surface area contributed by atoms with Crippen molar-refractivity contribution in [2.75, 3.05) is 45.9 Å². The number of nitrogens with zero attached hydrogens (tertiary/aromatic N) is 3. The van der Waals surface area contributed by atoms with Crippen LogP contribution >= 0.6 is 0 Å². The molecule has 2 N–H and O–H groups in total. The highest BCUT2D eigenvalue weighted by atomic mass is 16.5. The molecule has 0 atom stereocenters. The first-order valence-corrected chi connectivity index (χ1v) is 6.59. The molecule has 0 spiro atoms. The highest BCUT2D eigenvalue weighted by molar-refractivity contribution is 5.79. The molecule has 0 saturated carbocycles. The van der Waals surface area contributed by atoms with Gasteiger partial charge in [-0.15, -0.1) is 0 Å². The van der Waals surface area contributed by atoms with E-state index >= 15 is 0 Å². The van der Waals surface area contributed by atoms with Crippen LogP contribution in [0.4, 0.5) is 0 Å². The molecule has 1 fully saturated rings. The largest absolute Gasteiger partial charge is 0.378 e. The van der Waals surface area contributed by atoms with E-state index in [2.05, 4.69) is 4.99 Å². The van der Waals surface area contributed by atoms with E-state index < -0.39 is 0 Å². The van der Waals surface area contributed by atoms with E-state index in [1.54, 1.807) is 4.90 Å². The summed E-state index contributed by atoms with van der Waals surface area (Å²) in [5.74, 6) is 0.657. The third kappa shape index (κ3) is 4.52. The number of amides is 1. The van der Waals surface area contributed by atoms with Crippen LogP contribution in [0.25, 0.3) is 0 Å². The number of nitrogens with two attached hydrogens (primary N) is 1. The van der Waals surface area contributed by atoms with Crippen molar-refractivity contribution in [2.45, 2.75) is 20.3 Å². The van der Waals surface area contributed by atoms with Crippen molar-refractivity contribution in [1.82, 2.24) is 9.80 Å². The van der Waals surface area contributed by atoms with Crippen LogP contribution in [-0.4, -0.2) is 67.6 Å². The average molecular weight is 256 g/mol. The Kier molecular flexibility index (Phi) is 6.49. The van der Waals surface area contributed by atoms with Crippen molar-refractivity contribution < 1.29 is 9.53 Å². The summed E-state index contributed by atoms with van der Waals surface area (Å²) >= 11 is 0. The monoisotopic (exact) mass is 256 g/mol. The lowest BCUT2D eigenvalue weighted by atomic mass is 10.3. The molecule has 1 rings (SSSR count). The van der Waals surface area contributed by atoms with Gasteiger partial charge in [0.15, 0.2) is 5.96 Å². The Morgan fingerprint density at radius 2 is 1.94 bits per heavy atom. The summed E-state index contributed by atoms with van der Waals surface area (Å²) in [6.07, 6.45) is 0.423. The van der Waals surface area contributed by atoms with Crippen molar-refractivity contribution in [3.63, 3.8) is 0 Å². The summed E-state index contributed by atoms with van der Waals surface area (Å²) < 4.78 is 5.24. The van der Waals surface area contributed by atoms with Gasteiger partial charge < -0.3 is 20.3 Å². The minimum Gasteiger partial charge on any atom is -0.378 e. The van der Waals surface area contributed by atoms with Gasteiger partial charge in [-0.2, -0.15) is 0 Å². The van der Waals surface area contributed by atoms with Crippen LogP contribution in [0.2, 0.25) is 0 Å². The van der Waals surface area contributed by atoms with E-state index in [1.165, 1.54) is 0 Å². The number of morpholine rings is 1. The maximum atomic E-state index is 11.7. The quantitative estimate of drug-likeness (QED) is 0.550. The van der Waals surface area contributed by atoms with Crippen molar-refractivity contribution in [1.29, 1.82) is 0 Å². The molecule has 18 heavy (non-hydrogen) atoms. The predicted molar refractivity (Wildman–Crippen MR) is 71.4 cm³/mol. The molecule has 0 aromatic heterocycles. The van der Waals surface area contributed by atoms with Gasteiger partial charge in [0.05, 0.1) is 19.8 Å². The van der Waals surface area contributed by atoms with Gasteiger partial charge in [-0.25, -0.2) is 0 Å². The Labute approximate surface area is 109 Å². The lowest BCUT2D eigenvalue weighted by Gasteiger charge is -2.27. The maximum absolute atomic E-state index is 11.7. The van der Waals surface area contributed by atoms with E-state index in [4.69, 9.17) is 10.5 Å². The standard InChI is InChI=1S/C12H24N4O2/c1-3-15(4-2)11(17)5-6-14-12(13)16-7-9-18-10-8-16/h3-10H2,1-2H3,(H2,13,14). The zero-order chi connectivity index (χ0) is 13.4. The van der Waals surface area contributed by atoms with Crippen LogP contribution in [0.5, 0.6) is 0 Å². The number of hydrogen-bond donors (Lipinski definition) is 1. The van der Waals surface area contributed by atoms with Crippen molar-refractivity contribution in [2.24, 2.45) is 10.7 Å². The van der Waals surface area contributed by atoms with E-state index in [0.29, 0.717) is 32.1 Å². The summed E-state index contributed by atoms with van der Waals surface area (Å²) in [6, 6.07) is 0. The van der Waals surface area contributed by atoms with Crippen LogP contribution in [0, 0.1) is 0 Å². The molecule has 0 aromatic rings. The fourth-order valence-corrected chi connectivity index (χ4v) is 1.89. The molecule has 0 aromatic carbocycles. The number of hydrogen-bond acceptors (Lipinski definition) is 3. The van der Waals surface area contributed by atoms with Crippen molar-refractivity contribution in [3.05, 3.63) is 0 Å². The molecule has 1 amide bonds. The molecule has 104 valence electrons. The topological polar surface area (TPSA) is 71.2 Å². The van der Waals surface area contributed by atoms with Crippen molar-refractivity contribution in [3.8, 4) is 0 Å². The lowest BCUT2D eigenvalue weighted by Crippen LogP contribution is -2.45. The van der Waals surface area contributed by atoms with Gasteiger partial charge in [0, 0.05) is 32.6 Å². The molecule has 1 aliphatic heterocycles. The second-order valence-corrected chi connectivity index (χ2v) is 4.16. The van der Waals surface area contributed by atoms with Gasteiger partial charge in [0.2, 0.25) is 5.91 Å². The number of ether oxygens (including phenoxy) is 1. The van der Waals surface area contributed by atoms with Crippen LogP contribution < -0.4 is 5.73 Å². The molecule has 1 heterocycles. The van der Waals surface area contributed by atoms with Crippen molar-refractivity contribution >= 4 is 11.9 Å². The molecular formula is C12H24N4O2. The smallest absolute Gasteiger partial charge is 0.224 e. The Morgan fingerprint density at radius 1 is 1.33 bits per heavy atom. The van der Waals surface area contributed by atoms with Crippen LogP contribution in [0.15, 0.2) is 4.99 Å². The number of rotatable bonds is 5. The van der Waals surface area contributed by atoms with Gasteiger partial charge in [-0.1, -0.05) is 0 Å². The third-order valence-corrected chi connectivity index (χ3v) is 3.05. The fourth-order valence-electron chi connectivity index (χ4n) is 1.89. The first-order chi connectivity index (χ1) is 8.69. The number of aliphatic imine (C=N–C) groups is 1. The second-order valence-electron chi connectivity index (χ2n) is 4.16. The van der Waals surface area contributed by atoms with E-state index in [9.17, 15) is 4.79 Å². The molecular weight excluding hydrogens is 232 g/mol. The fraction of sp³-hybridized carbons (Fsp3) is 0.833. The van der Waals surface area contributed by atoms with Gasteiger partial charge in [0.25, 0.3) is 0 Å². The van der Waals surface area contributed by atoms with Gasteiger partial charge in [-0.3, -0.25) is 9.79 Å². The minimum absolute atomic E-state index is 0.138. The van der Waals surface area contributed by atoms with Gasteiger partial charge >= 0.3 is 0 Å². The molecule has 6 nitrogen and oxygen atoms in total. The predicted octanol–water partition coefficient (Wildman–Crippen LogP) is -0.108. The van der Waals surface area contributed by atoms with E-state index in [0.717, 1.165) is 26.2 Å². The number of carbonyl (C=O) groups excluding carboxylic acids is 1. The average Bonchev–Trinajstić information content (AvgIpc) is 2.41. The minimum atomic E-state index is 0.138. The Bertz CT molecular complexity index is 284. The highest BCUT2D eigenvalue weighted by Crippen LogP contribution is 1.98. The molecule has 1 saturated heterocycles. The Hall–Kier alpha value is -1.30. The summed E-state index contributed by atoms with van der Waals surface area (Å²) in [6.45, 7) is 8.84. The first-order valence-electron chi connectivity index (χ1n) is 6.59. The maximum Gasteiger partial charge on any atom is 0.224 e. The van der Waals surface area contributed by atoms with E-state index in [1.807, 2.05) is 18.7 Å². The van der Waals surface area contributed by atoms with Crippen LogP contribution in [-0.2, 0) is 9.53 Å². The summed E-state index contributed by atoms with van der Waals surface area (Å²) in [5, 5.41) is 0. The molecule has 1 aliphatic rings. The number of carbonyl (C=O) groups is 1. The normalized spacial score (nSPS) is 16.8. The second kappa shape index (κ2) is 7.92. The third-order valence-electron chi connectivity index (χ3n) is 3.05. The molecule has 0 unspecified atom stereocenters. The molecule has 0 bridgehead atoms. The van der Waals surface area contributed by atoms with Crippen LogP contribution in [0.3, 0.4) is 0 Å². The SMILES string of the molecule is CCN(CC)C(=O)CCN=C(N)N1CCOCC1. The molecule has 0 aliphatic carbocycles.